The van der Waals surface area contributed by atoms with E-state index in [9.17, 15) is 4.79 Å². The second-order valence-electron chi connectivity index (χ2n) is 4.54. The number of ether oxygens (including phenoxy) is 2. The first kappa shape index (κ1) is 14.4. The highest BCUT2D eigenvalue weighted by Crippen LogP contribution is 2.19. The average Bonchev–Trinajstić information content (AvgIpc) is 2.72. The van der Waals surface area contributed by atoms with E-state index < -0.39 is 0 Å². The van der Waals surface area contributed by atoms with E-state index in [0.29, 0.717) is 25.2 Å². The zero-order valence-electron chi connectivity index (χ0n) is 11.0. The van der Waals surface area contributed by atoms with Crippen molar-refractivity contribution >= 4 is 5.91 Å². The van der Waals surface area contributed by atoms with E-state index in [-0.39, 0.29) is 11.9 Å². The minimum atomic E-state index is -0.167. The van der Waals surface area contributed by atoms with Gasteiger partial charge >= 0.3 is 0 Å². The maximum absolute atomic E-state index is 11.6. The van der Waals surface area contributed by atoms with Gasteiger partial charge in [0, 0.05) is 26.8 Å². The molecule has 0 aromatic rings. The normalized spacial score (nSPS) is 25.8. The van der Waals surface area contributed by atoms with Crippen molar-refractivity contribution in [2.45, 2.75) is 32.4 Å². The van der Waals surface area contributed by atoms with Crippen LogP contribution in [0.3, 0.4) is 0 Å². The second kappa shape index (κ2) is 7.63. The van der Waals surface area contributed by atoms with Gasteiger partial charge in [0.1, 0.15) is 0 Å². The molecule has 3 atom stereocenters. The molecular weight excluding hydrogens is 220 g/mol. The number of hydrogen-bond acceptors (Lipinski definition) is 4. The first-order chi connectivity index (χ1) is 8.15. The van der Waals surface area contributed by atoms with Gasteiger partial charge in [-0.25, -0.2) is 0 Å². The van der Waals surface area contributed by atoms with E-state index in [1.165, 1.54) is 0 Å². The molecule has 0 aromatic carbocycles. The molecule has 5 nitrogen and oxygen atoms in total. The van der Waals surface area contributed by atoms with E-state index in [2.05, 4.69) is 17.6 Å². The van der Waals surface area contributed by atoms with Crippen LogP contribution in [0.5, 0.6) is 0 Å². The highest BCUT2D eigenvalue weighted by atomic mass is 16.5. The average molecular weight is 244 g/mol. The van der Waals surface area contributed by atoms with Gasteiger partial charge < -0.3 is 20.1 Å². The smallest absolute Gasteiger partial charge is 0.236 e. The van der Waals surface area contributed by atoms with Crippen molar-refractivity contribution in [2.24, 2.45) is 5.92 Å². The van der Waals surface area contributed by atoms with Crippen LogP contribution in [0.15, 0.2) is 0 Å². The fraction of sp³-hybridized carbons (Fsp3) is 0.917. The molecule has 5 heteroatoms. The predicted octanol–water partition coefficient (Wildman–Crippen LogP) is 0.152. The summed E-state index contributed by atoms with van der Waals surface area (Å²) in [5, 5.41) is 6.06. The Bertz CT molecular complexity index is 236. The lowest BCUT2D eigenvalue weighted by Crippen LogP contribution is -2.45. The van der Waals surface area contributed by atoms with Crippen LogP contribution in [-0.4, -0.2) is 51.5 Å². The largest absolute Gasteiger partial charge is 0.383 e. The zero-order valence-corrected chi connectivity index (χ0v) is 11.0. The van der Waals surface area contributed by atoms with Gasteiger partial charge in [0.2, 0.25) is 5.91 Å². The van der Waals surface area contributed by atoms with Gasteiger partial charge in [-0.2, -0.15) is 0 Å². The molecular formula is C12H24N2O3. The molecule has 1 heterocycles. The summed E-state index contributed by atoms with van der Waals surface area (Å²) in [5.74, 6) is 0.540. The van der Waals surface area contributed by atoms with Crippen LogP contribution < -0.4 is 10.6 Å². The van der Waals surface area contributed by atoms with Crippen LogP contribution in [0.4, 0.5) is 0 Å². The van der Waals surface area contributed by atoms with Crippen molar-refractivity contribution in [3.05, 3.63) is 0 Å². The van der Waals surface area contributed by atoms with E-state index in [4.69, 9.17) is 9.47 Å². The van der Waals surface area contributed by atoms with Crippen molar-refractivity contribution in [1.29, 1.82) is 0 Å². The lowest BCUT2D eigenvalue weighted by Gasteiger charge is -2.18. The SMILES string of the molecule is COCCNC(=O)C(C)NCC1CCOC1C. The fourth-order valence-electron chi connectivity index (χ4n) is 1.89. The Kier molecular flexibility index (Phi) is 6.47. The van der Waals surface area contributed by atoms with Crippen LogP contribution >= 0.6 is 0 Å². The highest BCUT2D eigenvalue weighted by molar-refractivity contribution is 5.81. The number of amides is 1. The zero-order chi connectivity index (χ0) is 12.7. The summed E-state index contributed by atoms with van der Waals surface area (Å²) in [6.07, 6.45) is 1.37. The minimum absolute atomic E-state index is 0.0219. The number of rotatable bonds is 7. The number of carbonyl (C=O) groups is 1. The van der Waals surface area contributed by atoms with Gasteiger partial charge in [-0.15, -0.1) is 0 Å². The summed E-state index contributed by atoms with van der Waals surface area (Å²) in [5.41, 5.74) is 0. The third-order valence-corrected chi connectivity index (χ3v) is 3.22. The molecule has 0 bridgehead atoms. The van der Waals surface area contributed by atoms with Gasteiger partial charge in [0.25, 0.3) is 0 Å². The quantitative estimate of drug-likeness (QED) is 0.626. The van der Waals surface area contributed by atoms with Crippen molar-refractivity contribution in [2.75, 3.05) is 33.4 Å². The summed E-state index contributed by atoms with van der Waals surface area (Å²) >= 11 is 0. The van der Waals surface area contributed by atoms with Gasteiger partial charge in [0.05, 0.1) is 18.8 Å². The third-order valence-electron chi connectivity index (χ3n) is 3.22. The topological polar surface area (TPSA) is 59.6 Å². The molecule has 1 aliphatic heterocycles. The van der Waals surface area contributed by atoms with Crippen LogP contribution in [0.2, 0.25) is 0 Å². The molecule has 0 aliphatic carbocycles. The molecule has 0 spiro atoms. The minimum Gasteiger partial charge on any atom is -0.383 e. The van der Waals surface area contributed by atoms with Gasteiger partial charge in [-0.3, -0.25) is 4.79 Å². The van der Waals surface area contributed by atoms with Crippen molar-refractivity contribution < 1.29 is 14.3 Å². The number of hydrogen-bond donors (Lipinski definition) is 2. The Morgan fingerprint density at radius 1 is 1.59 bits per heavy atom. The molecule has 1 fully saturated rings. The molecule has 1 rings (SSSR count). The molecule has 2 N–H and O–H groups in total. The summed E-state index contributed by atoms with van der Waals surface area (Å²) in [4.78, 5) is 11.6. The second-order valence-corrected chi connectivity index (χ2v) is 4.54. The lowest BCUT2D eigenvalue weighted by atomic mass is 10.0. The molecule has 0 radical (unpaired) electrons. The van der Waals surface area contributed by atoms with Gasteiger partial charge in [-0.1, -0.05) is 0 Å². The summed E-state index contributed by atoms with van der Waals surface area (Å²) < 4.78 is 10.4. The number of nitrogens with one attached hydrogen (secondary N) is 2. The predicted molar refractivity (Wildman–Crippen MR) is 65.9 cm³/mol. The molecule has 0 aromatic heterocycles. The maximum Gasteiger partial charge on any atom is 0.236 e. The molecule has 1 amide bonds. The van der Waals surface area contributed by atoms with Crippen LogP contribution in [-0.2, 0) is 14.3 Å². The molecule has 1 saturated heterocycles. The Balaban J connectivity index is 2.15. The summed E-state index contributed by atoms with van der Waals surface area (Å²) in [7, 11) is 1.62. The molecule has 3 unspecified atom stereocenters. The van der Waals surface area contributed by atoms with E-state index in [1.807, 2.05) is 6.92 Å². The Labute approximate surface area is 103 Å². The number of carbonyl (C=O) groups excluding carboxylic acids is 1. The van der Waals surface area contributed by atoms with Crippen LogP contribution in [0, 0.1) is 5.92 Å². The molecule has 100 valence electrons. The Morgan fingerprint density at radius 2 is 2.35 bits per heavy atom. The van der Waals surface area contributed by atoms with Crippen molar-refractivity contribution in [3.8, 4) is 0 Å². The fourth-order valence-corrected chi connectivity index (χ4v) is 1.89. The Hall–Kier alpha value is -0.650. The summed E-state index contributed by atoms with van der Waals surface area (Å²) in [6, 6.07) is -0.167. The van der Waals surface area contributed by atoms with E-state index in [1.54, 1.807) is 7.11 Å². The first-order valence-electron chi connectivity index (χ1n) is 6.26. The van der Waals surface area contributed by atoms with Crippen molar-refractivity contribution in [1.82, 2.24) is 10.6 Å². The van der Waals surface area contributed by atoms with E-state index in [0.717, 1.165) is 19.6 Å². The monoisotopic (exact) mass is 244 g/mol. The van der Waals surface area contributed by atoms with Gasteiger partial charge in [-0.05, 0) is 26.2 Å². The molecule has 0 saturated carbocycles. The van der Waals surface area contributed by atoms with Crippen LogP contribution in [0.25, 0.3) is 0 Å². The standard InChI is InChI=1S/C12H24N2O3/c1-9(12(15)13-5-7-16-3)14-8-11-4-6-17-10(11)2/h9-11,14H,4-8H2,1-3H3,(H,13,15). The maximum atomic E-state index is 11.6. The summed E-state index contributed by atoms with van der Waals surface area (Å²) in [6.45, 7) is 6.74. The molecule has 17 heavy (non-hydrogen) atoms. The first-order valence-corrected chi connectivity index (χ1v) is 6.26. The molecule has 1 aliphatic rings. The van der Waals surface area contributed by atoms with E-state index >= 15 is 0 Å². The Morgan fingerprint density at radius 3 is 2.94 bits per heavy atom. The van der Waals surface area contributed by atoms with Crippen LogP contribution in [0.1, 0.15) is 20.3 Å². The number of methoxy groups -OCH3 is 1. The van der Waals surface area contributed by atoms with Gasteiger partial charge in [0.15, 0.2) is 0 Å². The lowest BCUT2D eigenvalue weighted by molar-refractivity contribution is -0.123. The third kappa shape index (κ3) is 5.02. The van der Waals surface area contributed by atoms with Crippen molar-refractivity contribution in [3.63, 3.8) is 0 Å². The highest BCUT2D eigenvalue weighted by Gasteiger charge is 2.24.